The Kier molecular flexibility index (Phi) is 4.32. The summed E-state index contributed by atoms with van der Waals surface area (Å²) in [7, 11) is 0. The highest BCUT2D eigenvalue weighted by atomic mass is 16.2. The van der Waals surface area contributed by atoms with Crippen LogP contribution in [-0.2, 0) is 16.0 Å². The van der Waals surface area contributed by atoms with E-state index >= 15 is 0 Å². The molecule has 2 rings (SSSR count). The minimum atomic E-state index is -0.131. The van der Waals surface area contributed by atoms with Crippen LogP contribution in [0.15, 0.2) is 24.3 Å². The number of hydrogen-bond donors (Lipinski definition) is 1. The summed E-state index contributed by atoms with van der Waals surface area (Å²) in [6, 6.07) is 7.92. The van der Waals surface area contributed by atoms with Crippen LogP contribution in [0.5, 0.6) is 0 Å². The van der Waals surface area contributed by atoms with E-state index in [9.17, 15) is 9.59 Å². The van der Waals surface area contributed by atoms with Gasteiger partial charge in [-0.1, -0.05) is 24.3 Å². The number of benzene rings is 1. The lowest BCUT2D eigenvalue weighted by molar-refractivity contribution is -0.146. The fourth-order valence-electron chi connectivity index (χ4n) is 2.39. The number of rotatable bonds is 3. The maximum absolute atomic E-state index is 12.1. The van der Waals surface area contributed by atoms with Crippen molar-refractivity contribution in [3.8, 4) is 0 Å². The van der Waals surface area contributed by atoms with Gasteiger partial charge in [-0.25, -0.2) is 0 Å². The standard InChI is InChI=1S/C15H20N2O2/c1-11-4-2-3-5-12(11)6-7-14(18)17-9-8-13(16)10-15(17)19/h2-5,13H,6-10,16H2,1H3. The number of imide groups is 1. The van der Waals surface area contributed by atoms with Gasteiger partial charge in [0.2, 0.25) is 11.8 Å². The number of hydrogen-bond acceptors (Lipinski definition) is 3. The van der Waals surface area contributed by atoms with Gasteiger partial charge < -0.3 is 5.73 Å². The van der Waals surface area contributed by atoms with Crippen LogP contribution >= 0.6 is 0 Å². The molecule has 0 aromatic heterocycles. The highest BCUT2D eigenvalue weighted by Gasteiger charge is 2.27. The maximum Gasteiger partial charge on any atom is 0.230 e. The summed E-state index contributed by atoms with van der Waals surface area (Å²) in [5, 5.41) is 0. The normalized spacial score (nSPS) is 19.6. The Morgan fingerprint density at radius 1 is 1.42 bits per heavy atom. The Hall–Kier alpha value is -1.68. The Bertz CT molecular complexity index is 485. The number of carbonyl (C=O) groups is 2. The van der Waals surface area contributed by atoms with Gasteiger partial charge in [-0.3, -0.25) is 14.5 Å². The molecule has 1 unspecified atom stereocenters. The van der Waals surface area contributed by atoms with Crippen LogP contribution in [0.1, 0.15) is 30.4 Å². The second-order valence-electron chi connectivity index (χ2n) is 5.12. The molecular weight excluding hydrogens is 240 g/mol. The average Bonchev–Trinajstić information content (AvgIpc) is 2.37. The van der Waals surface area contributed by atoms with E-state index in [1.807, 2.05) is 31.2 Å². The van der Waals surface area contributed by atoms with Gasteiger partial charge in [0, 0.05) is 25.4 Å². The van der Waals surface area contributed by atoms with E-state index < -0.39 is 0 Å². The second kappa shape index (κ2) is 5.97. The molecule has 0 spiro atoms. The Labute approximate surface area is 113 Å². The molecular formula is C15H20N2O2. The van der Waals surface area contributed by atoms with Crippen LogP contribution in [0.4, 0.5) is 0 Å². The molecule has 0 radical (unpaired) electrons. The first-order chi connectivity index (χ1) is 9.08. The number of amides is 2. The van der Waals surface area contributed by atoms with Gasteiger partial charge in [-0.05, 0) is 30.9 Å². The van der Waals surface area contributed by atoms with Crippen molar-refractivity contribution in [1.29, 1.82) is 0 Å². The summed E-state index contributed by atoms with van der Waals surface area (Å²) in [6.07, 6.45) is 2.06. The van der Waals surface area contributed by atoms with E-state index in [1.165, 1.54) is 10.5 Å². The van der Waals surface area contributed by atoms with Crippen LogP contribution in [0.25, 0.3) is 0 Å². The van der Waals surface area contributed by atoms with Crippen LogP contribution in [0.2, 0.25) is 0 Å². The molecule has 2 amide bonds. The number of piperidine rings is 1. The lowest BCUT2D eigenvalue weighted by atomic mass is 10.0. The number of aryl methyl sites for hydroxylation is 2. The highest BCUT2D eigenvalue weighted by Crippen LogP contribution is 2.14. The van der Waals surface area contributed by atoms with Crippen LogP contribution < -0.4 is 5.73 Å². The number of nitrogens with two attached hydrogens (primary N) is 1. The molecule has 4 nitrogen and oxygen atoms in total. The molecule has 4 heteroatoms. The topological polar surface area (TPSA) is 63.4 Å². The predicted octanol–water partition coefficient (Wildman–Crippen LogP) is 1.40. The highest BCUT2D eigenvalue weighted by molar-refractivity contribution is 5.96. The number of likely N-dealkylation sites (tertiary alicyclic amines) is 1. The lowest BCUT2D eigenvalue weighted by Crippen LogP contribution is -2.46. The van der Waals surface area contributed by atoms with Gasteiger partial charge in [-0.2, -0.15) is 0 Å². The number of nitrogens with zero attached hydrogens (tertiary/aromatic N) is 1. The molecule has 102 valence electrons. The molecule has 0 aliphatic carbocycles. The molecule has 19 heavy (non-hydrogen) atoms. The zero-order valence-corrected chi connectivity index (χ0v) is 11.3. The minimum Gasteiger partial charge on any atom is -0.327 e. The molecule has 1 aliphatic heterocycles. The summed E-state index contributed by atoms with van der Waals surface area (Å²) in [5.74, 6) is -0.214. The smallest absolute Gasteiger partial charge is 0.230 e. The third-order valence-corrected chi connectivity index (χ3v) is 3.63. The fraction of sp³-hybridized carbons (Fsp3) is 0.467. The van der Waals surface area contributed by atoms with Gasteiger partial charge in [0.15, 0.2) is 0 Å². The number of carbonyl (C=O) groups excluding carboxylic acids is 2. The zero-order valence-electron chi connectivity index (χ0n) is 11.3. The molecule has 2 N–H and O–H groups in total. The van der Waals surface area contributed by atoms with E-state index in [0.29, 0.717) is 25.8 Å². The summed E-state index contributed by atoms with van der Waals surface area (Å²) in [4.78, 5) is 25.2. The molecule has 1 heterocycles. The van der Waals surface area contributed by atoms with Crippen molar-refractivity contribution in [2.75, 3.05) is 6.54 Å². The van der Waals surface area contributed by atoms with E-state index in [0.717, 1.165) is 5.56 Å². The molecule has 1 saturated heterocycles. The maximum atomic E-state index is 12.1. The van der Waals surface area contributed by atoms with E-state index in [1.54, 1.807) is 0 Å². The molecule has 1 aromatic rings. The van der Waals surface area contributed by atoms with Crippen molar-refractivity contribution < 1.29 is 9.59 Å². The predicted molar refractivity (Wildman–Crippen MR) is 73.4 cm³/mol. The van der Waals surface area contributed by atoms with Gasteiger partial charge >= 0.3 is 0 Å². The summed E-state index contributed by atoms with van der Waals surface area (Å²) >= 11 is 0. The van der Waals surface area contributed by atoms with E-state index in [-0.39, 0.29) is 24.3 Å². The first kappa shape index (κ1) is 13.7. The van der Waals surface area contributed by atoms with E-state index in [2.05, 4.69) is 0 Å². The van der Waals surface area contributed by atoms with Crippen molar-refractivity contribution in [2.45, 2.75) is 38.6 Å². The van der Waals surface area contributed by atoms with Crippen LogP contribution in [-0.4, -0.2) is 29.3 Å². The zero-order chi connectivity index (χ0) is 13.8. The first-order valence-corrected chi connectivity index (χ1v) is 6.71. The second-order valence-corrected chi connectivity index (χ2v) is 5.12. The van der Waals surface area contributed by atoms with Crippen molar-refractivity contribution in [3.05, 3.63) is 35.4 Å². The quantitative estimate of drug-likeness (QED) is 0.893. The molecule has 0 bridgehead atoms. The molecule has 1 aliphatic rings. The molecule has 1 aromatic carbocycles. The minimum absolute atomic E-state index is 0.0832. The van der Waals surface area contributed by atoms with Crippen molar-refractivity contribution in [2.24, 2.45) is 5.73 Å². The van der Waals surface area contributed by atoms with Gasteiger partial charge in [0.25, 0.3) is 0 Å². The Morgan fingerprint density at radius 2 is 2.16 bits per heavy atom. The van der Waals surface area contributed by atoms with Gasteiger partial charge in [0.05, 0.1) is 0 Å². The Balaban J connectivity index is 1.91. The van der Waals surface area contributed by atoms with E-state index in [4.69, 9.17) is 5.73 Å². The van der Waals surface area contributed by atoms with Crippen LogP contribution in [0, 0.1) is 6.92 Å². The molecule has 0 saturated carbocycles. The fourth-order valence-corrected chi connectivity index (χ4v) is 2.39. The van der Waals surface area contributed by atoms with Gasteiger partial charge in [0.1, 0.15) is 0 Å². The largest absolute Gasteiger partial charge is 0.327 e. The van der Waals surface area contributed by atoms with Crippen LogP contribution in [0.3, 0.4) is 0 Å². The average molecular weight is 260 g/mol. The Morgan fingerprint density at radius 3 is 2.84 bits per heavy atom. The lowest BCUT2D eigenvalue weighted by Gasteiger charge is -2.28. The summed E-state index contributed by atoms with van der Waals surface area (Å²) in [5.41, 5.74) is 8.06. The molecule has 1 fully saturated rings. The van der Waals surface area contributed by atoms with Gasteiger partial charge in [-0.15, -0.1) is 0 Å². The van der Waals surface area contributed by atoms with Crippen molar-refractivity contribution in [3.63, 3.8) is 0 Å². The van der Waals surface area contributed by atoms with Crippen molar-refractivity contribution >= 4 is 11.8 Å². The SMILES string of the molecule is Cc1ccccc1CCC(=O)N1CCC(N)CC1=O. The summed E-state index contributed by atoms with van der Waals surface area (Å²) in [6.45, 7) is 2.50. The van der Waals surface area contributed by atoms with Crippen molar-refractivity contribution in [1.82, 2.24) is 4.90 Å². The summed E-state index contributed by atoms with van der Waals surface area (Å²) < 4.78 is 0. The third-order valence-electron chi connectivity index (χ3n) is 3.63. The third kappa shape index (κ3) is 3.41. The molecule has 1 atom stereocenters. The monoisotopic (exact) mass is 260 g/mol. The first-order valence-electron chi connectivity index (χ1n) is 6.71.